The number of carbonyl (C=O) groups excluding carboxylic acids is 2. The van der Waals surface area contributed by atoms with Gasteiger partial charge in [0.05, 0.1) is 10.2 Å². The topological polar surface area (TPSA) is 80.3 Å². The number of hydrogen-bond acceptors (Lipinski definition) is 5. The number of pyridine rings is 1. The molecule has 2 heterocycles. The van der Waals surface area contributed by atoms with Crippen molar-refractivity contribution in [1.29, 1.82) is 0 Å². The number of hydrogen-bond donors (Lipinski definition) is 2. The number of nitrogens with one attached hydrogen (secondary N) is 2. The molecule has 172 valence electrons. The molecule has 8 heteroatoms. The lowest BCUT2D eigenvalue weighted by molar-refractivity contribution is -0.112. The molecule has 0 atom stereocenters. The fourth-order valence-corrected chi connectivity index (χ4v) is 4.28. The highest BCUT2D eigenvalue weighted by Gasteiger charge is 2.14. The van der Waals surface area contributed by atoms with Crippen molar-refractivity contribution in [3.05, 3.63) is 83.8 Å². The third-order valence-corrected chi connectivity index (χ3v) is 6.42. The summed E-state index contributed by atoms with van der Waals surface area (Å²) in [6, 6.07) is 15.2. The number of allylic oxidation sites excluding steroid dienone is 1. The molecule has 34 heavy (non-hydrogen) atoms. The molecule has 0 bridgehead atoms. The summed E-state index contributed by atoms with van der Waals surface area (Å²) < 4.78 is 21.4. The van der Waals surface area contributed by atoms with E-state index >= 15 is 0 Å². The monoisotopic (exact) mass is 475 g/mol. The largest absolute Gasteiger partial charge is 0.453 e. The lowest BCUT2D eigenvalue weighted by Gasteiger charge is -2.10. The fourth-order valence-electron chi connectivity index (χ4n) is 3.21. The van der Waals surface area contributed by atoms with E-state index in [1.54, 1.807) is 57.4 Å². The van der Waals surface area contributed by atoms with Gasteiger partial charge >= 0.3 is 0 Å². The summed E-state index contributed by atoms with van der Waals surface area (Å²) in [6.07, 6.45) is 3.29. The molecule has 0 aliphatic carbocycles. The summed E-state index contributed by atoms with van der Waals surface area (Å²) in [5, 5.41) is 5.26. The number of rotatable bonds is 6. The van der Waals surface area contributed by atoms with Crippen LogP contribution in [0, 0.1) is 5.82 Å². The minimum Gasteiger partial charge on any atom is -0.453 e. The minimum atomic E-state index is -0.595. The lowest BCUT2D eigenvalue weighted by Crippen LogP contribution is -2.17. The van der Waals surface area contributed by atoms with Crippen LogP contribution in [-0.4, -0.2) is 23.8 Å². The van der Waals surface area contributed by atoms with Crippen LogP contribution in [0.15, 0.2) is 72.4 Å². The summed E-state index contributed by atoms with van der Waals surface area (Å²) >= 11 is 1.47. The van der Waals surface area contributed by atoms with Gasteiger partial charge in [0, 0.05) is 47.1 Å². The van der Waals surface area contributed by atoms with E-state index in [-0.39, 0.29) is 17.6 Å². The zero-order valence-electron chi connectivity index (χ0n) is 18.8. The second-order valence-corrected chi connectivity index (χ2v) is 8.52. The van der Waals surface area contributed by atoms with Crippen molar-refractivity contribution in [2.75, 3.05) is 12.4 Å². The van der Waals surface area contributed by atoms with E-state index in [1.807, 2.05) is 18.2 Å². The van der Waals surface area contributed by atoms with Crippen LogP contribution in [0.4, 0.5) is 10.1 Å². The van der Waals surface area contributed by atoms with Crippen LogP contribution in [0.25, 0.3) is 20.7 Å². The number of halogens is 1. The molecule has 0 fully saturated rings. The molecule has 2 aromatic heterocycles. The standard InChI is InChI=1S/C26H22FN3O3S/c1-4-15(2)25(31)30-18-9-10-21(19(27)13-18)33-22-11-12-29-20-14-23(34-24(20)22)16-5-7-17(8-6-16)26(32)28-3/h4-14H,1-3H3,(H,28,32)(H,30,31)/b15-4+. The number of carbonyl (C=O) groups is 2. The van der Waals surface area contributed by atoms with E-state index in [0.717, 1.165) is 20.7 Å². The van der Waals surface area contributed by atoms with Gasteiger partial charge in [-0.2, -0.15) is 0 Å². The van der Waals surface area contributed by atoms with Crippen molar-refractivity contribution in [2.45, 2.75) is 13.8 Å². The van der Waals surface area contributed by atoms with Crippen LogP contribution in [0.5, 0.6) is 11.5 Å². The third-order valence-electron chi connectivity index (χ3n) is 5.24. The molecular formula is C26H22FN3O3S. The summed E-state index contributed by atoms with van der Waals surface area (Å²) in [6.45, 7) is 3.45. The Bertz CT molecular complexity index is 1410. The number of benzene rings is 2. The molecule has 2 amide bonds. The second kappa shape index (κ2) is 9.84. The van der Waals surface area contributed by atoms with Gasteiger partial charge in [-0.25, -0.2) is 4.39 Å². The Hall–Kier alpha value is -4.04. The zero-order valence-corrected chi connectivity index (χ0v) is 19.6. The predicted molar refractivity (Wildman–Crippen MR) is 133 cm³/mol. The molecular weight excluding hydrogens is 453 g/mol. The Labute approximate surface area is 200 Å². The number of fused-ring (bicyclic) bond motifs is 1. The number of nitrogens with zero attached hydrogens (tertiary/aromatic N) is 1. The SMILES string of the molecule is C/C=C(\C)C(=O)Nc1ccc(Oc2ccnc3cc(-c4ccc(C(=O)NC)cc4)sc23)c(F)c1. The Balaban J connectivity index is 1.59. The van der Waals surface area contributed by atoms with E-state index in [4.69, 9.17) is 4.74 Å². The molecule has 0 radical (unpaired) electrons. The molecule has 0 unspecified atom stereocenters. The molecule has 2 N–H and O–H groups in total. The first-order valence-corrected chi connectivity index (χ1v) is 11.3. The second-order valence-electron chi connectivity index (χ2n) is 7.46. The molecule has 0 spiro atoms. The number of aromatic nitrogens is 1. The van der Waals surface area contributed by atoms with Crippen LogP contribution in [0.2, 0.25) is 0 Å². The van der Waals surface area contributed by atoms with Crippen LogP contribution in [-0.2, 0) is 4.79 Å². The van der Waals surface area contributed by atoms with Gasteiger partial charge in [-0.3, -0.25) is 14.6 Å². The first kappa shape index (κ1) is 23.1. The molecule has 6 nitrogen and oxygen atoms in total. The van der Waals surface area contributed by atoms with Gasteiger partial charge in [-0.05, 0) is 49.7 Å². The van der Waals surface area contributed by atoms with Crippen molar-refractivity contribution in [1.82, 2.24) is 10.3 Å². The van der Waals surface area contributed by atoms with E-state index in [0.29, 0.717) is 22.6 Å². The highest BCUT2D eigenvalue weighted by Crippen LogP contribution is 2.39. The Morgan fingerprint density at radius 1 is 1.06 bits per heavy atom. The highest BCUT2D eigenvalue weighted by atomic mass is 32.1. The third kappa shape index (κ3) is 4.82. The van der Waals surface area contributed by atoms with E-state index in [2.05, 4.69) is 15.6 Å². The summed E-state index contributed by atoms with van der Waals surface area (Å²) in [4.78, 5) is 29.1. The molecule has 0 aliphatic rings. The number of anilines is 1. The molecule has 0 saturated carbocycles. The van der Waals surface area contributed by atoms with Gasteiger partial charge in [-0.1, -0.05) is 18.2 Å². The molecule has 4 aromatic rings. The predicted octanol–water partition coefficient (Wildman–Crippen LogP) is 6.16. The van der Waals surface area contributed by atoms with Gasteiger partial charge in [0.25, 0.3) is 11.8 Å². The highest BCUT2D eigenvalue weighted by molar-refractivity contribution is 7.22. The lowest BCUT2D eigenvalue weighted by atomic mass is 10.1. The van der Waals surface area contributed by atoms with Gasteiger partial charge in [0.15, 0.2) is 11.6 Å². The van der Waals surface area contributed by atoms with Crippen molar-refractivity contribution in [3.8, 4) is 21.9 Å². The Morgan fingerprint density at radius 3 is 2.50 bits per heavy atom. The molecule has 0 aliphatic heterocycles. The van der Waals surface area contributed by atoms with Gasteiger partial charge < -0.3 is 15.4 Å². The summed E-state index contributed by atoms with van der Waals surface area (Å²) in [5.41, 5.74) is 3.11. The Morgan fingerprint density at radius 2 is 1.82 bits per heavy atom. The Kier molecular flexibility index (Phi) is 6.70. The average Bonchev–Trinajstić information content (AvgIpc) is 3.30. The van der Waals surface area contributed by atoms with Crippen LogP contribution in [0.1, 0.15) is 24.2 Å². The maximum atomic E-state index is 14.7. The van der Waals surface area contributed by atoms with E-state index < -0.39 is 5.82 Å². The van der Waals surface area contributed by atoms with Crippen molar-refractivity contribution < 1.29 is 18.7 Å². The van der Waals surface area contributed by atoms with Gasteiger partial charge in [-0.15, -0.1) is 11.3 Å². The number of thiophene rings is 1. The van der Waals surface area contributed by atoms with Crippen LogP contribution >= 0.6 is 11.3 Å². The van der Waals surface area contributed by atoms with Crippen molar-refractivity contribution >= 4 is 39.1 Å². The maximum absolute atomic E-state index is 14.7. The van der Waals surface area contributed by atoms with Gasteiger partial charge in [0.1, 0.15) is 5.75 Å². The molecule has 2 aromatic carbocycles. The zero-order chi connectivity index (χ0) is 24.2. The van der Waals surface area contributed by atoms with Crippen LogP contribution < -0.4 is 15.4 Å². The van der Waals surface area contributed by atoms with E-state index in [1.165, 1.54) is 23.5 Å². The fraction of sp³-hybridized carbons (Fsp3) is 0.115. The smallest absolute Gasteiger partial charge is 0.251 e. The average molecular weight is 476 g/mol. The first-order valence-electron chi connectivity index (χ1n) is 10.5. The summed E-state index contributed by atoms with van der Waals surface area (Å²) in [7, 11) is 1.59. The van der Waals surface area contributed by atoms with Gasteiger partial charge in [0.2, 0.25) is 0 Å². The number of ether oxygens (including phenoxy) is 1. The number of amides is 2. The maximum Gasteiger partial charge on any atom is 0.251 e. The summed E-state index contributed by atoms with van der Waals surface area (Å²) in [5.74, 6) is -0.519. The van der Waals surface area contributed by atoms with Crippen molar-refractivity contribution in [3.63, 3.8) is 0 Å². The minimum absolute atomic E-state index is 0.0399. The molecule has 4 rings (SSSR count). The quantitative estimate of drug-likeness (QED) is 0.327. The van der Waals surface area contributed by atoms with E-state index in [9.17, 15) is 14.0 Å². The molecule has 0 saturated heterocycles. The normalized spacial score (nSPS) is 11.4. The van der Waals surface area contributed by atoms with Crippen LogP contribution in [0.3, 0.4) is 0 Å². The first-order chi connectivity index (χ1) is 16.4. The van der Waals surface area contributed by atoms with Crippen molar-refractivity contribution in [2.24, 2.45) is 0 Å².